The van der Waals surface area contributed by atoms with Gasteiger partial charge in [-0.15, -0.1) is 11.3 Å². The van der Waals surface area contributed by atoms with Crippen molar-refractivity contribution in [1.82, 2.24) is 15.0 Å². The van der Waals surface area contributed by atoms with Gasteiger partial charge in [-0.3, -0.25) is 20.1 Å². The first-order chi connectivity index (χ1) is 14.5. The van der Waals surface area contributed by atoms with E-state index in [0.29, 0.717) is 27.8 Å². The average Bonchev–Trinajstić information content (AvgIpc) is 3.22. The quantitative estimate of drug-likeness (QED) is 0.493. The second kappa shape index (κ2) is 8.38. The number of halogens is 1. The number of ether oxygens (including phenoxy) is 1. The number of thiazole rings is 1. The molecule has 1 N–H and O–H groups in total. The number of hydrogen-bond donors (Lipinski definition) is 1. The van der Waals surface area contributed by atoms with Crippen LogP contribution in [0, 0.1) is 12.7 Å². The highest BCUT2D eigenvalue weighted by atomic mass is 32.1. The third-order valence-corrected chi connectivity index (χ3v) is 5.11. The van der Waals surface area contributed by atoms with E-state index in [0.717, 1.165) is 17.0 Å². The summed E-state index contributed by atoms with van der Waals surface area (Å²) in [6.45, 7) is 1.87. The van der Waals surface area contributed by atoms with Crippen LogP contribution in [0.3, 0.4) is 0 Å². The maximum atomic E-state index is 13.4. The molecule has 3 aromatic heterocycles. The largest absolute Gasteiger partial charge is 0.497 e. The van der Waals surface area contributed by atoms with Crippen molar-refractivity contribution in [3.05, 3.63) is 77.2 Å². The third kappa shape index (κ3) is 4.18. The number of benzene rings is 1. The molecule has 0 spiro atoms. The van der Waals surface area contributed by atoms with Gasteiger partial charge in [0.15, 0.2) is 5.13 Å². The Bertz CT molecular complexity index is 1210. The fourth-order valence-corrected chi connectivity index (χ4v) is 3.57. The highest BCUT2D eigenvalue weighted by Gasteiger charge is 2.17. The lowest BCUT2D eigenvalue weighted by Gasteiger charge is -2.10. The van der Waals surface area contributed by atoms with E-state index in [9.17, 15) is 9.18 Å². The maximum absolute atomic E-state index is 13.4. The minimum atomic E-state index is -0.395. The van der Waals surface area contributed by atoms with E-state index < -0.39 is 5.82 Å². The lowest BCUT2D eigenvalue weighted by atomic mass is 10.0. The van der Waals surface area contributed by atoms with Gasteiger partial charge in [-0.05, 0) is 49.4 Å². The third-order valence-electron chi connectivity index (χ3n) is 4.35. The molecule has 0 saturated carbocycles. The average molecular weight is 420 g/mol. The second-order valence-corrected chi connectivity index (χ2v) is 7.29. The molecule has 8 heteroatoms. The maximum Gasteiger partial charge on any atom is 0.259 e. The number of anilines is 1. The molecule has 150 valence electrons. The fraction of sp³-hybridized carbons (Fsp3) is 0.0909. The fourth-order valence-electron chi connectivity index (χ4n) is 2.87. The summed E-state index contributed by atoms with van der Waals surface area (Å²) in [6.07, 6.45) is 1.38. The van der Waals surface area contributed by atoms with Gasteiger partial charge in [0.25, 0.3) is 5.91 Å². The van der Waals surface area contributed by atoms with Gasteiger partial charge in [-0.1, -0.05) is 0 Å². The number of carbonyl (C=O) groups is 1. The number of nitrogens with zero attached hydrogens (tertiary/aromatic N) is 3. The first-order valence-corrected chi connectivity index (χ1v) is 9.92. The Morgan fingerprint density at radius 1 is 1.07 bits per heavy atom. The van der Waals surface area contributed by atoms with E-state index in [-0.39, 0.29) is 5.91 Å². The molecule has 0 aliphatic carbocycles. The normalized spacial score (nSPS) is 10.6. The van der Waals surface area contributed by atoms with Crippen molar-refractivity contribution < 1.29 is 13.9 Å². The van der Waals surface area contributed by atoms with Crippen LogP contribution < -0.4 is 10.1 Å². The number of amides is 1. The van der Waals surface area contributed by atoms with Crippen molar-refractivity contribution >= 4 is 22.4 Å². The molecule has 0 fully saturated rings. The Morgan fingerprint density at radius 2 is 1.87 bits per heavy atom. The van der Waals surface area contributed by atoms with Crippen molar-refractivity contribution in [1.29, 1.82) is 0 Å². The summed E-state index contributed by atoms with van der Waals surface area (Å²) in [5.41, 5.74) is 3.49. The van der Waals surface area contributed by atoms with Crippen molar-refractivity contribution in [2.45, 2.75) is 6.92 Å². The van der Waals surface area contributed by atoms with Crippen molar-refractivity contribution in [2.75, 3.05) is 12.4 Å². The van der Waals surface area contributed by atoms with E-state index in [1.165, 1.54) is 29.7 Å². The van der Waals surface area contributed by atoms with Crippen LogP contribution in [0.2, 0.25) is 0 Å². The molecule has 0 atom stereocenters. The van der Waals surface area contributed by atoms with Gasteiger partial charge in [0.2, 0.25) is 0 Å². The topological polar surface area (TPSA) is 77.0 Å². The summed E-state index contributed by atoms with van der Waals surface area (Å²) in [5.74, 6) is -0.00598. The molecule has 1 amide bonds. The number of rotatable bonds is 5. The molecule has 3 heterocycles. The van der Waals surface area contributed by atoms with E-state index in [2.05, 4.69) is 20.3 Å². The van der Waals surface area contributed by atoms with Gasteiger partial charge in [0.05, 0.1) is 24.1 Å². The summed E-state index contributed by atoms with van der Waals surface area (Å²) in [6, 6.07) is 13.4. The second-order valence-electron chi connectivity index (χ2n) is 6.43. The molecule has 6 nitrogen and oxygen atoms in total. The zero-order valence-corrected chi connectivity index (χ0v) is 17.0. The van der Waals surface area contributed by atoms with Crippen LogP contribution in [0.4, 0.5) is 9.52 Å². The smallest absolute Gasteiger partial charge is 0.259 e. The van der Waals surface area contributed by atoms with Gasteiger partial charge < -0.3 is 4.74 Å². The molecule has 0 saturated heterocycles. The first-order valence-electron chi connectivity index (χ1n) is 9.04. The summed E-state index contributed by atoms with van der Waals surface area (Å²) in [4.78, 5) is 26.0. The number of hydrogen-bond acceptors (Lipinski definition) is 6. The van der Waals surface area contributed by atoms with E-state index in [4.69, 9.17) is 4.74 Å². The SMILES string of the molecule is COc1ccc(-c2nc(C)ccc2C(=O)Nc2nc(-c3cc(F)ccn3)cs2)cc1. The summed E-state index contributed by atoms with van der Waals surface area (Å²) in [5, 5.41) is 4.91. The summed E-state index contributed by atoms with van der Waals surface area (Å²) in [7, 11) is 1.60. The molecule has 30 heavy (non-hydrogen) atoms. The minimum Gasteiger partial charge on any atom is -0.497 e. The Hall–Kier alpha value is -3.65. The predicted octanol–water partition coefficient (Wildman–Crippen LogP) is 4.98. The molecule has 0 aliphatic rings. The van der Waals surface area contributed by atoms with Crippen LogP contribution in [0.5, 0.6) is 5.75 Å². The number of pyridine rings is 2. The van der Waals surface area contributed by atoms with Crippen LogP contribution in [-0.2, 0) is 0 Å². The van der Waals surface area contributed by atoms with E-state index in [1.807, 2.05) is 31.2 Å². The Morgan fingerprint density at radius 3 is 2.60 bits per heavy atom. The highest BCUT2D eigenvalue weighted by Crippen LogP contribution is 2.27. The molecule has 0 bridgehead atoms. The lowest BCUT2D eigenvalue weighted by molar-refractivity contribution is 0.102. The number of aryl methyl sites for hydroxylation is 1. The number of aromatic nitrogens is 3. The van der Waals surface area contributed by atoms with Crippen molar-refractivity contribution in [3.63, 3.8) is 0 Å². The van der Waals surface area contributed by atoms with E-state index in [1.54, 1.807) is 24.6 Å². The Kier molecular flexibility index (Phi) is 5.49. The van der Waals surface area contributed by atoms with Crippen LogP contribution in [0.1, 0.15) is 16.1 Å². The molecule has 0 unspecified atom stereocenters. The Labute approximate surface area is 176 Å². The van der Waals surface area contributed by atoms with Crippen molar-refractivity contribution in [3.8, 4) is 28.4 Å². The zero-order valence-electron chi connectivity index (χ0n) is 16.2. The summed E-state index contributed by atoms with van der Waals surface area (Å²) >= 11 is 1.24. The van der Waals surface area contributed by atoms with E-state index >= 15 is 0 Å². The van der Waals surface area contributed by atoms with Crippen LogP contribution in [0.25, 0.3) is 22.6 Å². The standard InChI is InChI=1S/C22H17FN4O2S/c1-13-3-8-17(20(25-13)14-4-6-16(29-2)7-5-14)21(28)27-22-26-19(12-30-22)18-11-15(23)9-10-24-18/h3-12H,1-2H3,(H,26,27,28). The lowest BCUT2D eigenvalue weighted by Crippen LogP contribution is -2.14. The number of nitrogens with one attached hydrogen (secondary N) is 1. The van der Waals surface area contributed by atoms with Gasteiger partial charge >= 0.3 is 0 Å². The van der Waals surface area contributed by atoms with Gasteiger partial charge in [0, 0.05) is 28.9 Å². The highest BCUT2D eigenvalue weighted by molar-refractivity contribution is 7.14. The van der Waals surface area contributed by atoms with Gasteiger partial charge in [-0.25, -0.2) is 9.37 Å². The predicted molar refractivity (Wildman–Crippen MR) is 114 cm³/mol. The molecule has 4 aromatic rings. The monoisotopic (exact) mass is 420 g/mol. The first kappa shape index (κ1) is 19.7. The minimum absolute atomic E-state index is 0.332. The molecule has 0 aliphatic heterocycles. The van der Waals surface area contributed by atoms with Crippen LogP contribution in [-0.4, -0.2) is 28.0 Å². The number of methoxy groups -OCH3 is 1. The zero-order chi connectivity index (χ0) is 21.1. The van der Waals surface area contributed by atoms with Crippen molar-refractivity contribution in [2.24, 2.45) is 0 Å². The Balaban J connectivity index is 1.61. The van der Waals surface area contributed by atoms with Crippen LogP contribution >= 0.6 is 11.3 Å². The number of carbonyl (C=O) groups excluding carboxylic acids is 1. The van der Waals surface area contributed by atoms with Crippen LogP contribution in [0.15, 0.2) is 60.1 Å². The molecular formula is C22H17FN4O2S. The molecular weight excluding hydrogens is 403 g/mol. The van der Waals surface area contributed by atoms with Gasteiger partial charge in [0.1, 0.15) is 17.3 Å². The molecule has 1 aromatic carbocycles. The summed E-state index contributed by atoms with van der Waals surface area (Å²) < 4.78 is 18.6. The molecule has 4 rings (SSSR count). The molecule has 0 radical (unpaired) electrons. The van der Waals surface area contributed by atoms with Gasteiger partial charge in [-0.2, -0.15) is 0 Å².